The first-order chi connectivity index (χ1) is 8.02. The summed E-state index contributed by atoms with van der Waals surface area (Å²) in [5, 5.41) is 23.0. The second-order valence-corrected chi connectivity index (χ2v) is 4.06. The molecule has 1 rings (SSSR count). The summed E-state index contributed by atoms with van der Waals surface area (Å²) < 4.78 is 0. The summed E-state index contributed by atoms with van der Waals surface area (Å²) in [5.41, 5.74) is 1.49. The molecule has 94 valence electrons. The van der Waals surface area contributed by atoms with E-state index in [4.69, 9.17) is 21.8 Å². The van der Waals surface area contributed by atoms with E-state index >= 15 is 0 Å². The first-order valence-electron chi connectivity index (χ1n) is 5.13. The van der Waals surface area contributed by atoms with Gasteiger partial charge in [0, 0.05) is 6.54 Å². The summed E-state index contributed by atoms with van der Waals surface area (Å²) in [6.45, 7) is 1.48. The van der Waals surface area contributed by atoms with Crippen molar-refractivity contribution in [2.24, 2.45) is 0 Å². The fourth-order valence-corrected chi connectivity index (χ4v) is 1.45. The Kier molecular flexibility index (Phi) is 5.21. The number of anilines is 1. The monoisotopic (exact) mass is 258 g/mol. The van der Waals surface area contributed by atoms with Crippen LogP contribution in [0.15, 0.2) is 18.2 Å². The number of hydrogen-bond acceptors (Lipinski definition) is 3. The van der Waals surface area contributed by atoms with Crippen LogP contribution in [0.3, 0.4) is 0 Å². The molecule has 0 heterocycles. The van der Waals surface area contributed by atoms with Crippen LogP contribution in [0.4, 0.5) is 10.5 Å². The predicted octanol–water partition coefficient (Wildman–Crippen LogP) is 1.12. The lowest BCUT2D eigenvalue weighted by Crippen LogP contribution is -2.36. The highest BCUT2D eigenvalue weighted by atomic mass is 35.5. The minimum absolute atomic E-state index is 0.0220. The molecule has 0 saturated carbocycles. The van der Waals surface area contributed by atoms with Crippen LogP contribution >= 0.6 is 11.6 Å². The molecule has 0 saturated heterocycles. The summed E-state index contributed by atoms with van der Waals surface area (Å²) in [7, 11) is 0. The number of aliphatic hydroxyl groups excluding tert-OH is 2. The number of urea groups is 1. The maximum absolute atomic E-state index is 11.4. The quantitative estimate of drug-likeness (QED) is 0.653. The van der Waals surface area contributed by atoms with Crippen molar-refractivity contribution in [1.29, 1.82) is 0 Å². The highest BCUT2D eigenvalue weighted by Crippen LogP contribution is 2.22. The van der Waals surface area contributed by atoms with Gasteiger partial charge in [-0.15, -0.1) is 0 Å². The Morgan fingerprint density at radius 3 is 2.82 bits per heavy atom. The fourth-order valence-electron chi connectivity index (χ4n) is 1.16. The molecule has 0 aromatic heterocycles. The van der Waals surface area contributed by atoms with E-state index < -0.39 is 18.7 Å². The number of nitrogens with one attached hydrogen (secondary N) is 2. The van der Waals surface area contributed by atoms with Crippen molar-refractivity contribution >= 4 is 23.3 Å². The molecule has 4 N–H and O–H groups in total. The third-order valence-corrected chi connectivity index (χ3v) is 2.39. The van der Waals surface area contributed by atoms with Gasteiger partial charge < -0.3 is 20.8 Å². The zero-order valence-electron chi connectivity index (χ0n) is 9.40. The molecule has 1 aromatic rings. The van der Waals surface area contributed by atoms with E-state index in [9.17, 15) is 4.79 Å². The number of carbonyl (C=O) groups is 1. The molecule has 5 nitrogen and oxygen atoms in total. The number of benzene rings is 1. The van der Waals surface area contributed by atoms with E-state index in [0.29, 0.717) is 10.7 Å². The maximum Gasteiger partial charge on any atom is 0.319 e. The van der Waals surface area contributed by atoms with Crippen molar-refractivity contribution in [2.45, 2.75) is 13.0 Å². The topological polar surface area (TPSA) is 81.6 Å². The lowest BCUT2D eigenvalue weighted by molar-refractivity contribution is 0.0965. The molecule has 17 heavy (non-hydrogen) atoms. The van der Waals surface area contributed by atoms with E-state index in [1.165, 1.54) is 0 Å². The minimum Gasteiger partial charge on any atom is -0.394 e. The highest BCUT2D eigenvalue weighted by Gasteiger charge is 2.07. The van der Waals surface area contributed by atoms with Crippen molar-refractivity contribution in [3.63, 3.8) is 0 Å². The Bertz CT molecular complexity index is 398. The van der Waals surface area contributed by atoms with Gasteiger partial charge in [-0.3, -0.25) is 0 Å². The Labute approximate surface area is 104 Å². The molecule has 0 fully saturated rings. The second kappa shape index (κ2) is 6.44. The lowest BCUT2D eigenvalue weighted by atomic mass is 10.2. The van der Waals surface area contributed by atoms with E-state index in [-0.39, 0.29) is 6.54 Å². The zero-order chi connectivity index (χ0) is 12.8. The summed E-state index contributed by atoms with van der Waals surface area (Å²) >= 11 is 5.93. The van der Waals surface area contributed by atoms with Crippen molar-refractivity contribution in [3.05, 3.63) is 28.8 Å². The molecule has 0 aliphatic rings. The van der Waals surface area contributed by atoms with Gasteiger partial charge in [-0.2, -0.15) is 0 Å². The number of amides is 2. The van der Waals surface area contributed by atoms with Crippen LogP contribution in [0.25, 0.3) is 0 Å². The van der Waals surface area contributed by atoms with Gasteiger partial charge in [0.1, 0.15) is 0 Å². The van der Waals surface area contributed by atoms with Gasteiger partial charge in [-0.1, -0.05) is 17.7 Å². The number of carbonyl (C=O) groups excluding carboxylic acids is 1. The van der Waals surface area contributed by atoms with Crippen molar-refractivity contribution in [3.8, 4) is 0 Å². The first kappa shape index (κ1) is 13.8. The normalized spacial score (nSPS) is 12.0. The van der Waals surface area contributed by atoms with E-state index in [1.807, 2.05) is 13.0 Å². The molecule has 1 unspecified atom stereocenters. The first-order valence-corrected chi connectivity index (χ1v) is 5.50. The molecule has 2 amide bonds. The van der Waals surface area contributed by atoms with Crippen molar-refractivity contribution in [2.75, 3.05) is 18.5 Å². The average molecular weight is 259 g/mol. The number of rotatable bonds is 4. The molecule has 1 aromatic carbocycles. The molecule has 0 aliphatic carbocycles. The van der Waals surface area contributed by atoms with Crippen molar-refractivity contribution < 1.29 is 15.0 Å². The average Bonchev–Trinajstić information content (AvgIpc) is 2.29. The van der Waals surface area contributed by atoms with Crippen LogP contribution in [0.2, 0.25) is 5.02 Å². The Hall–Kier alpha value is -1.30. The predicted molar refractivity (Wildman–Crippen MR) is 66.3 cm³/mol. The van der Waals surface area contributed by atoms with Crippen LogP contribution in [0, 0.1) is 6.92 Å². The molecular formula is C11H15ClN2O3. The third-order valence-electron chi connectivity index (χ3n) is 2.08. The number of aryl methyl sites for hydroxylation is 1. The summed E-state index contributed by atoms with van der Waals surface area (Å²) in [6.07, 6.45) is -0.964. The smallest absolute Gasteiger partial charge is 0.319 e. The number of halogens is 1. The van der Waals surface area contributed by atoms with Crippen molar-refractivity contribution in [1.82, 2.24) is 5.32 Å². The van der Waals surface area contributed by atoms with Gasteiger partial charge in [0.25, 0.3) is 0 Å². The van der Waals surface area contributed by atoms with E-state index in [2.05, 4.69) is 10.6 Å². The molecule has 0 bridgehead atoms. The summed E-state index contributed by atoms with van der Waals surface area (Å²) in [5.74, 6) is 0. The zero-order valence-corrected chi connectivity index (χ0v) is 10.2. The SMILES string of the molecule is Cc1ccc(NC(=O)NCC(O)CO)c(Cl)c1. The number of hydrogen-bond donors (Lipinski definition) is 4. The van der Waals surface area contributed by atoms with Crippen LogP contribution in [0.1, 0.15) is 5.56 Å². The van der Waals surface area contributed by atoms with Gasteiger partial charge in [-0.25, -0.2) is 4.79 Å². The largest absolute Gasteiger partial charge is 0.394 e. The highest BCUT2D eigenvalue weighted by molar-refractivity contribution is 6.33. The van der Waals surface area contributed by atoms with Gasteiger partial charge in [0.05, 0.1) is 23.4 Å². The van der Waals surface area contributed by atoms with E-state index in [1.54, 1.807) is 12.1 Å². The molecule has 0 radical (unpaired) electrons. The van der Waals surface area contributed by atoms with Gasteiger partial charge in [0.2, 0.25) is 0 Å². The Morgan fingerprint density at radius 1 is 1.53 bits per heavy atom. The Morgan fingerprint density at radius 2 is 2.24 bits per heavy atom. The molecule has 0 aliphatic heterocycles. The standard InChI is InChI=1S/C11H15ClN2O3/c1-7-2-3-10(9(12)4-7)14-11(17)13-5-8(16)6-15/h2-4,8,15-16H,5-6H2,1H3,(H2,13,14,17). The lowest BCUT2D eigenvalue weighted by Gasteiger charge is -2.11. The maximum atomic E-state index is 11.4. The number of aliphatic hydroxyl groups is 2. The van der Waals surface area contributed by atoms with E-state index in [0.717, 1.165) is 5.56 Å². The molecule has 6 heteroatoms. The van der Waals surface area contributed by atoms with Gasteiger partial charge in [0.15, 0.2) is 0 Å². The van der Waals surface area contributed by atoms with Gasteiger partial charge in [-0.05, 0) is 24.6 Å². The fraction of sp³-hybridized carbons (Fsp3) is 0.364. The van der Waals surface area contributed by atoms with Crippen LogP contribution in [-0.4, -0.2) is 35.5 Å². The second-order valence-electron chi connectivity index (χ2n) is 3.65. The summed E-state index contributed by atoms with van der Waals surface area (Å²) in [6, 6.07) is 4.77. The Balaban J connectivity index is 2.50. The molecule has 1 atom stereocenters. The molecule has 0 spiro atoms. The van der Waals surface area contributed by atoms with Crippen LogP contribution < -0.4 is 10.6 Å². The van der Waals surface area contributed by atoms with Crippen LogP contribution in [0.5, 0.6) is 0 Å². The summed E-state index contributed by atoms with van der Waals surface area (Å²) in [4.78, 5) is 11.4. The van der Waals surface area contributed by atoms with Crippen LogP contribution in [-0.2, 0) is 0 Å². The molecular weight excluding hydrogens is 244 g/mol. The third kappa shape index (κ3) is 4.60. The van der Waals surface area contributed by atoms with Gasteiger partial charge >= 0.3 is 6.03 Å². The minimum atomic E-state index is -0.964.